The molecule has 0 unspecified atom stereocenters. The highest BCUT2D eigenvalue weighted by molar-refractivity contribution is 5.78. The van der Waals surface area contributed by atoms with E-state index < -0.39 is 5.60 Å². The fourth-order valence-electron chi connectivity index (χ4n) is 4.58. The van der Waals surface area contributed by atoms with E-state index in [1.807, 2.05) is 4.90 Å². The Hall–Kier alpha value is -1.55. The molecule has 124 valence electrons. The fourth-order valence-corrected chi connectivity index (χ4v) is 4.58. The molecule has 1 spiro atoms. The number of benzene rings is 1. The van der Waals surface area contributed by atoms with Crippen LogP contribution in [-0.4, -0.2) is 40.3 Å². The Balaban J connectivity index is 1.47. The molecule has 2 aliphatic carbocycles. The standard InChI is InChI=1S/C19H26N2O2/c22-17-20-13-18(21(17)14-19(23)9-4-10-19)11-7-16(8-12-18)15-5-2-1-3-6-15/h1-3,5-6,16,23H,4,7-14H2,(H,20,22). The maximum Gasteiger partial charge on any atom is 0.318 e. The van der Waals surface area contributed by atoms with Gasteiger partial charge in [0.15, 0.2) is 0 Å². The third kappa shape index (κ3) is 2.63. The maximum absolute atomic E-state index is 12.3. The Morgan fingerprint density at radius 2 is 1.83 bits per heavy atom. The number of urea groups is 1. The lowest BCUT2D eigenvalue weighted by Crippen LogP contribution is -2.57. The molecule has 0 radical (unpaired) electrons. The number of aliphatic hydroxyl groups is 1. The smallest absolute Gasteiger partial charge is 0.318 e. The summed E-state index contributed by atoms with van der Waals surface area (Å²) in [5, 5.41) is 13.5. The first-order valence-corrected chi connectivity index (χ1v) is 8.93. The molecule has 0 bridgehead atoms. The molecule has 3 aliphatic rings. The van der Waals surface area contributed by atoms with E-state index in [4.69, 9.17) is 0 Å². The normalized spacial score (nSPS) is 32.7. The summed E-state index contributed by atoms with van der Waals surface area (Å²) in [4.78, 5) is 14.3. The molecule has 1 saturated heterocycles. The van der Waals surface area contributed by atoms with Crippen LogP contribution in [0.25, 0.3) is 0 Å². The molecule has 4 nitrogen and oxygen atoms in total. The Bertz CT molecular complexity index is 574. The largest absolute Gasteiger partial charge is 0.388 e. The first kappa shape index (κ1) is 15.0. The van der Waals surface area contributed by atoms with Crippen molar-refractivity contribution in [2.24, 2.45) is 0 Å². The average Bonchev–Trinajstić information content (AvgIpc) is 2.84. The SMILES string of the molecule is O=C1NCC2(CCC(c3ccccc3)CC2)N1CC1(O)CCC1. The Kier molecular flexibility index (Phi) is 3.60. The van der Waals surface area contributed by atoms with E-state index in [-0.39, 0.29) is 11.6 Å². The summed E-state index contributed by atoms with van der Waals surface area (Å²) in [6, 6.07) is 10.7. The van der Waals surface area contributed by atoms with Crippen molar-refractivity contribution < 1.29 is 9.90 Å². The van der Waals surface area contributed by atoms with Gasteiger partial charge in [-0.25, -0.2) is 4.79 Å². The van der Waals surface area contributed by atoms with E-state index in [2.05, 4.69) is 35.6 Å². The van der Waals surface area contributed by atoms with Crippen molar-refractivity contribution in [1.29, 1.82) is 0 Å². The maximum atomic E-state index is 12.3. The predicted octanol–water partition coefficient (Wildman–Crippen LogP) is 3.02. The molecular weight excluding hydrogens is 288 g/mol. The fraction of sp³-hybridized carbons (Fsp3) is 0.632. The first-order valence-electron chi connectivity index (χ1n) is 8.93. The minimum atomic E-state index is -0.634. The number of amides is 2. The summed E-state index contributed by atoms with van der Waals surface area (Å²) in [5.41, 5.74) is 0.711. The second-order valence-electron chi connectivity index (χ2n) is 7.73. The monoisotopic (exact) mass is 314 g/mol. The van der Waals surface area contributed by atoms with Crippen molar-refractivity contribution in [2.45, 2.75) is 62.0 Å². The molecule has 4 rings (SSSR count). The van der Waals surface area contributed by atoms with E-state index >= 15 is 0 Å². The number of nitrogens with one attached hydrogen (secondary N) is 1. The first-order chi connectivity index (χ1) is 11.1. The van der Waals surface area contributed by atoms with Crippen molar-refractivity contribution in [3.63, 3.8) is 0 Å². The van der Waals surface area contributed by atoms with E-state index in [0.29, 0.717) is 12.5 Å². The summed E-state index contributed by atoms with van der Waals surface area (Å²) in [5.74, 6) is 0.603. The zero-order valence-corrected chi connectivity index (χ0v) is 13.6. The van der Waals surface area contributed by atoms with Crippen molar-refractivity contribution >= 4 is 6.03 Å². The van der Waals surface area contributed by atoms with Crippen molar-refractivity contribution in [2.75, 3.05) is 13.1 Å². The highest BCUT2D eigenvalue weighted by Crippen LogP contribution is 2.44. The molecule has 23 heavy (non-hydrogen) atoms. The lowest BCUT2D eigenvalue weighted by molar-refractivity contribution is -0.0667. The number of hydrogen-bond acceptors (Lipinski definition) is 2. The molecule has 1 heterocycles. The quantitative estimate of drug-likeness (QED) is 0.901. The molecule has 4 heteroatoms. The Morgan fingerprint density at radius 1 is 1.13 bits per heavy atom. The second-order valence-corrected chi connectivity index (χ2v) is 7.73. The molecule has 0 aromatic heterocycles. The van der Waals surface area contributed by atoms with E-state index in [9.17, 15) is 9.90 Å². The highest BCUT2D eigenvalue weighted by Gasteiger charge is 2.50. The summed E-state index contributed by atoms with van der Waals surface area (Å²) >= 11 is 0. The third-order valence-corrected chi connectivity index (χ3v) is 6.31. The summed E-state index contributed by atoms with van der Waals surface area (Å²) in [7, 11) is 0. The molecular formula is C19H26N2O2. The Morgan fingerprint density at radius 3 is 2.43 bits per heavy atom. The van der Waals surface area contributed by atoms with E-state index in [1.165, 1.54) is 5.56 Å². The van der Waals surface area contributed by atoms with Crippen LogP contribution in [0.5, 0.6) is 0 Å². The van der Waals surface area contributed by atoms with Gasteiger partial charge < -0.3 is 15.3 Å². The van der Waals surface area contributed by atoms with Crippen LogP contribution in [0.3, 0.4) is 0 Å². The van der Waals surface area contributed by atoms with Gasteiger partial charge >= 0.3 is 6.03 Å². The van der Waals surface area contributed by atoms with Gasteiger partial charge in [0.1, 0.15) is 0 Å². The molecule has 3 fully saturated rings. The van der Waals surface area contributed by atoms with Crippen LogP contribution in [0.4, 0.5) is 4.79 Å². The van der Waals surface area contributed by atoms with Crippen LogP contribution >= 0.6 is 0 Å². The van der Waals surface area contributed by atoms with Gasteiger partial charge in [-0.05, 0) is 56.4 Å². The van der Waals surface area contributed by atoms with Crippen molar-refractivity contribution in [3.05, 3.63) is 35.9 Å². The van der Waals surface area contributed by atoms with Crippen molar-refractivity contribution in [3.8, 4) is 0 Å². The molecule has 2 amide bonds. The van der Waals surface area contributed by atoms with Crippen LogP contribution in [0, 0.1) is 0 Å². The van der Waals surface area contributed by atoms with Gasteiger partial charge in [0.2, 0.25) is 0 Å². The van der Waals surface area contributed by atoms with Gasteiger partial charge in [-0.15, -0.1) is 0 Å². The number of nitrogens with zero attached hydrogens (tertiary/aromatic N) is 1. The molecule has 0 atom stereocenters. The van der Waals surface area contributed by atoms with Gasteiger partial charge in [-0.1, -0.05) is 30.3 Å². The van der Waals surface area contributed by atoms with Crippen LogP contribution in [0.2, 0.25) is 0 Å². The van der Waals surface area contributed by atoms with Gasteiger partial charge in [0.25, 0.3) is 0 Å². The van der Waals surface area contributed by atoms with E-state index in [0.717, 1.165) is 51.5 Å². The third-order valence-electron chi connectivity index (χ3n) is 6.31. The van der Waals surface area contributed by atoms with E-state index in [1.54, 1.807) is 0 Å². The van der Waals surface area contributed by atoms with Gasteiger partial charge in [-0.3, -0.25) is 0 Å². The average molecular weight is 314 g/mol. The van der Waals surface area contributed by atoms with Gasteiger partial charge in [-0.2, -0.15) is 0 Å². The topological polar surface area (TPSA) is 52.6 Å². The zero-order chi connectivity index (χ0) is 15.9. The second kappa shape index (κ2) is 5.52. The number of hydrogen-bond donors (Lipinski definition) is 2. The summed E-state index contributed by atoms with van der Waals surface area (Å²) in [6.45, 7) is 1.25. The molecule has 2 saturated carbocycles. The van der Waals surface area contributed by atoms with Gasteiger partial charge in [0.05, 0.1) is 17.7 Å². The lowest BCUT2D eigenvalue weighted by Gasteiger charge is -2.47. The van der Waals surface area contributed by atoms with Gasteiger partial charge in [0, 0.05) is 6.54 Å². The van der Waals surface area contributed by atoms with Crippen LogP contribution in [-0.2, 0) is 0 Å². The number of carbonyl (C=O) groups is 1. The molecule has 1 aromatic rings. The minimum absolute atomic E-state index is 0.0171. The Labute approximate surface area is 137 Å². The molecule has 2 N–H and O–H groups in total. The number of rotatable bonds is 3. The molecule has 1 aliphatic heterocycles. The van der Waals surface area contributed by atoms with Crippen molar-refractivity contribution in [1.82, 2.24) is 10.2 Å². The predicted molar refractivity (Wildman–Crippen MR) is 89.3 cm³/mol. The lowest BCUT2D eigenvalue weighted by atomic mass is 9.72. The summed E-state index contributed by atoms with van der Waals surface area (Å²) < 4.78 is 0. The van der Waals surface area contributed by atoms with Crippen LogP contribution in [0.15, 0.2) is 30.3 Å². The van der Waals surface area contributed by atoms with Crippen LogP contribution < -0.4 is 5.32 Å². The number of β-amino-alcohol motifs (C(OH)–C–C–N with tert-alkyl or cyclic N) is 1. The summed E-state index contributed by atoms with van der Waals surface area (Å²) in [6.07, 6.45) is 7.04. The zero-order valence-electron chi connectivity index (χ0n) is 13.6. The minimum Gasteiger partial charge on any atom is -0.388 e. The van der Waals surface area contributed by atoms with Crippen LogP contribution in [0.1, 0.15) is 56.4 Å². The molecule has 1 aromatic carbocycles. The number of carbonyl (C=O) groups excluding carboxylic acids is 1. The highest BCUT2D eigenvalue weighted by atomic mass is 16.3.